The van der Waals surface area contributed by atoms with Crippen LogP contribution in [0, 0.1) is 11.6 Å². The molecule has 1 atom stereocenters. The Morgan fingerprint density at radius 2 is 1.74 bits per heavy atom. The van der Waals surface area contributed by atoms with E-state index in [2.05, 4.69) is 5.32 Å². The third-order valence-electron chi connectivity index (χ3n) is 4.71. The summed E-state index contributed by atoms with van der Waals surface area (Å²) in [6, 6.07) is 7.70. The highest BCUT2D eigenvalue weighted by Crippen LogP contribution is 2.37. The molecule has 140 valence electrons. The van der Waals surface area contributed by atoms with E-state index < -0.39 is 34.7 Å². The van der Waals surface area contributed by atoms with Crippen molar-refractivity contribution in [3.8, 4) is 11.5 Å². The number of para-hydroxylation sites is 1. The summed E-state index contributed by atoms with van der Waals surface area (Å²) in [5, 5.41) is 2.41. The summed E-state index contributed by atoms with van der Waals surface area (Å²) < 4.78 is 39.5. The van der Waals surface area contributed by atoms with Crippen LogP contribution in [0.5, 0.6) is 11.5 Å². The molecule has 0 radical (unpaired) electrons. The van der Waals surface area contributed by atoms with Crippen LogP contribution in [0.3, 0.4) is 0 Å². The Morgan fingerprint density at radius 3 is 2.48 bits per heavy atom. The summed E-state index contributed by atoms with van der Waals surface area (Å²) in [6.45, 7) is 1.93. The number of carbonyl (C=O) groups excluding carboxylic acids is 2. The minimum absolute atomic E-state index is 0.108. The molecule has 1 fully saturated rings. The Balaban J connectivity index is 1.69. The lowest BCUT2D eigenvalue weighted by Gasteiger charge is -2.24. The van der Waals surface area contributed by atoms with E-state index in [1.165, 1.54) is 13.0 Å². The number of rotatable bonds is 3. The lowest BCUT2D eigenvalue weighted by Crippen LogP contribution is -2.42. The molecule has 0 aliphatic carbocycles. The summed E-state index contributed by atoms with van der Waals surface area (Å²) in [5.41, 5.74) is -1.76. The molecule has 6 nitrogen and oxygen atoms in total. The maximum Gasteiger partial charge on any atom is 0.325 e. The van der Waals surface area contributed by atoms with Gasteiger partial charge in [0.05, 0.1) is 12.1 Å². The zero-order chi connectivity index (χ0) is 19.2. The molecule has 3 amide bonds. The van der Waals surface area contributed by atoms with Crippen LogP contribution in [0.4, 0.5) is 13.6 Å². The maximum absolute atomic E-state index is 14.2. The van der Waals surface area contributed by atoms with Gasteiger partial charge >= 0.3 is 6.03 Å². The van der Waals surface area contributed by atoms with Crippen LogP contribution in [0.1, 0.15) is 18.1 Å². The molecule has 1 N–H and O–H groups in total. The minimum atomic E-state index is -1.83. The van der Waals surface area contributed by atoms with E-state index in [0.29, 0.717) is 30.3 Å². The van der Waals surface area contributed by atoms with E-state index >= 15 is 0 Å². The van der Waals surface area contributed by atoms with Crippen LogP contribution >= 0.6 is 0 Å². The number of nitrogens with one attached hydrogen (secondary N) is 1. The second-order valence-electron chi connectivity index (χ2n) is 6.48. The lowest BCUT2D eigenvalue weighted by atomic mass is 9.91. The van der Waals surface area contributed by atoms with Crippen LogP contribution in [0.15, 0.2) is 36.4 Å². The number of nitrogens with zero attached hydrogens (tertiary/aromatic N) is 1. The van der Waals surface area contributed by atoms with E-state index in [1.54, 1.807) is 18.2 Å². The molecule has 1 saturated heterocycles. The first-order valence-corrected chi connectivity index (χ1v) is 8.38. The summed E-state index contributed by atoms with van der Waals surface area (Å²) in [7, 11) is 0. The molecule has 2 aliphatic heterocycles. The van der Waals surface area contributed by atoms with Gasteiger partial charge in [-0.3, -0.25) is 9.69 Å². The smallest absolute Gasteiger partial charge is 0.325 e. The fourth-order valence-electron chi connectivity index (χ4n) is 3.41. The Labute approximate surface area is 153 Å². The average molecular weight is 374 g/mol. The van der Waals surface area contributed by atoms with Crippen molar-refractivity contribution in [3.63, 3.8) is 0 Å². The van der Waals surface area contributed by atoms with Crippen molar-refractivity contribution in [2.75, 3.05) is 13.2 Å². The molecule has 0 bridgehead atoms. The summed E-state index contributed by atoms with van der Waals surface area (Å²) in [6.07, 6.45) is 0. The fourth-order valence-corrected chi connectivity index (χ4v) is 3.41. The van der Waals surface area contributed by atoms with Crippen LogP contribution in [0.25, 0.3) is 0 Å². The van der Waals surface area contributed by atoms with Crippen molar-refractivity contribution in [2.45, 2.75) is 19.0 Å². The summed E-state index contributed by atoms with van der Waals surface area (Å²) in [4.78, 5) is 26.3. The second kappa shape index (κ2) is 6.22. The maximum atomic E-state index is 14.2. The van der Waals surface area contributed by atoms with Gasteiger partial charge in [-0.05, 0) is 25.1 Å². The molecule has 0 saturated carbocycles. The van der Waals surface area contributed by atoms with Gasteiger partial charge in [-0.15, -0.1) is 0 Å². The van der Waals surface area contributed by atoms with E-state index in [4.69, 9.17) is 9.47 Å². The lowest BCUT2D eigenvalue weighted by molar-refractivity contribution is -0.131. The standard InChI is InChI=1S/C19H16F2N2O4/c1-19(15-12(20)5-3-6-13(15)21)17(24)23(18(25)22-19)10-11-4-2-7-14-16(11)27-9-8-26-14/h2-7H,8-10H2,1H3,(H,22,25)/t19-/m0/s1. The van der Waals surface area contributed by atoms with Gasteiger partial charge in [-0.1, -0.05) is 18.2 Å². The van der Waals surface area contributed by atoms with Crippen LogP contribution < -0.4 is 14.8 Å². The highest BCUT2D eigenvalue weighted by Gasteiger charge is 2.51. The Bertz CT molecular complexity index is 929. The number of hydrogen-bond donors (Lipinski definition) is 1. The second-order valence-corrected chi connectivity index (χ2v) is 6.48. The number of urea groups is 1. The minimum Gasteiger partial charge on any atom is -0.486 e. The van der Waals surface area contributed by atoms with E-state index in [0.717, 1.165) is 17.0 Å². The van der Waals surface area contributed by atoms with Crippen molar-refractivity contribution >= 4 is 11.9 Å². The zero-order valence-electron chi connectivity index (χ0n) is 14.4. The van der Waals surface area contributed by atoms with Gasteiger partial charge in [0, 0.05) is 5.56 Å². The van der Waals surface area contributed by atoms with E-state index in [9.17, 15) is 18.4 Å². The van der Waals surface area contributed by atoms with Crippen molar-refractivity contribution < 1.29 is 27.8 Å². The molecule has 4 rings (SSSR count). The largest absolute Gasteiger partial charge is 0.486 e. The van der Waals surface area contributed by atoms with Crippen molar-refractivity contribution in [3.05, 3.63) is 59.2 Å². The fraction of sp³-hybridized carbons (Fsp3) is 0.263. The average Bonchev–Trinajstić information content (AvgIpc) is 2.85. The molecular weight excluding hydrogens is 358 g/mol. The molecule has 2 aromatic carbocycles. The highest BCUT2D eigenvalue weighted by atomic mass is 19.1. The third-order valence-corrected chi connectivity index (χ3v) is 4.71. The van der Waals surface area contributed by atoms with Gasteiger partial charge in [0.2, 0.25) is 0 Å². The van der Waals surface area contributed by atoms with E-state index in [1.807, 2.05) is 0 Å². The summed E-state index contributed by atoms with van der Waals surface area (Å²) >= 11 is 0. The number of amides is 3. The normalized spacial score (nSPS) is 21.4. The van der Waals surface area contributed by atoms with Crippen LogP contribution in [-0.4, -0.2) is 30.1 Å². The zero-order valence-corrected chi connectivity index (χ0v) is 14.4. The van der Waals surface area contributed by atoms with Crippen LogP contribution in [0.2, 0.25) is 0 Å². The van der Waals surface area contributed by atoms with Crippen LogP contribution in [-0.2, 0) is 16.9 Å². The third kappa shape index (κ3) is 2.68. The van der Waals surface area contributed by atoms with Gasteiger partial charge in [-0.2, -0.15) is 0 Å². The molecular formula is C19H16F2N2O4. The SMILES string of the molecule is C[C@@]1(c2c(F)cccc2F)NC(=O)N(Cc2cccc3c2OCCO3)C1=O. The van der Waals surface area contributed by atoms with Gasteiger partial charge < -0.3 is 14.8 Å². The number of fused-ring (bicyclic) bond motifs is 1. The Morgan fingerprint density at radius 1 is 1.07 bits per heavy atom. The first kappa shape index (κ1) is 17.3. The number of halogens is 2. The highest BCUT2D eigenvalue weighted by molar-refractivity contribution is 6.07. The van der Waals surface area contributed by atoms with Crippen molar-refractivity contribution in [1.29, 1.82) is 0 Å². The number of hydrogen-bond acceptors (Lipinski definition) is 4. The molecule has 2 aromatic rings. The number of imide groups is 1. The molecule has 0 unspecified atom stereocenters. The monoisotopic (exact) mass is 374 g/mol. The summed E-state index contributed by atoms with van der Waals surface area (Å²) in [5.74, 6) is -1.57. The van der Waals surface area contributed by atoms with Gasteiger partial charge in [-0.25, -0.2) is 13.6 Å². The molecule has 2 aliphatic rings. The molecule has 0 aromatic heterocycles. The predicted molar refractivity (Wildman–Crippen MR) is 90.2 cm³/mol. The Hall–Kier alpha value is -3.16. The first-order valence-electron chi connectivity index (χ1n) is 8.38. The van der Waals surface area contributed by atoms with Gasteiger partial charge in [0.25, 0.3) is 5.91 Å². The van der Waals surface area contributed by atoms with Crippen molar-refractivity contribution in [2.24, 2.45) is 0 Å². The molecule has 8 heteroatoms. The molecule has 2 heterocycles. The Kier molecular flexibility index (Phi) is 3.98. The number of benzene rings is 2. The van der Waals surface area contributed by atoms with Crippen molar-refractivity contribution in [1.82, 2.24) is 10.2 Å². The first-order chi connectivity index (χ1) is 12.9. The predicted octanol–water partition coefficient (Wildman–Crippen LogP) is 2.70. The van der Waals surface area contributed by atoms with Gasteiger partial charge in [0.1, 0.15) is 30.4 Å². The quantitative estimate of drug-likeness (QED) is 0.839. The molecule has 27 heavy (non-hydrogen) atoms. The topological polar surface area (TPSA) is 67.9 Å². The van der Waals surface area contributed by atoms with Gasteiger partial charge in [0.15, 0.2) is 11.5 Å². The van der Waals surface area contributed by atoms with E-state index in [-0.39, 0.29) is 6.54 Å². The molecule has 0 spiro atoms. The number of ether oxygens (including phenoxy) is 2. The number of carbonyl (C=O) groups is 2.